The Morgan fingerprint density at radius 2 is 2.13 bits per heavy atom. The number of aryl methyl sites for hydroxylation is 1. The fourth-order valence-electron chi connectivity index (χ4n) is 4.64. The molecule has 0 aromatic heterocycles. The highest BCUT2D eigenvalue weighted by molar-refractivity contribution is 6.00. The lowest BCUT2D eigenvalue weighted by molar-refractivity contribution is -0.137. The van der Waals surface area contributed by atoms with Crippen LogP contribution < -0.4 is 4.74 Å². The predicted molar refractivity (Wildman–Crippen MR) is 86.6 cm³/mol. The number of ketones is 1. The van der Waals surface area contributed by atoms with E-state index in [4.69, 9.17) is 4.74 Å². The van der Waals surface area contributed by atoms with Gasteiger partial charge in [0.15, 0.2) is 5.78 Å². The van der Waals surface area contributed by atoms with Crippen molar-refractivity contribution in [2.75, 3.05) is 0 Å². The predicted octanol–water partition coefficient (Wildman–Crippen LogP) is 3.12. The standard InChI is InChI=1S/C19H23NO3/c1-11(2)18(22)20-13-5-7-17(20)19(9-13)10-15(21)14-8-12(3)4-6-16(14)23-19/h4,6,8,11,13,17H,5,7,9-10H2,1-3H3/t13-,17-,19+/m1/s1. The van der Waals surface area contributed by atoms with Gasteiger partial charge in [-0.1, -0.05) is 25.5 Å². The van der Waals surface area contributed by atoms with E-state index in [9.17, 15) is 9.59 Å². The van der Waals surface area contributed by atoms with Crippen molar-refractivity contribution in [2.45, 2.75) is 64.1 Å². The Kier molecular flexibility index (Phi) is 3.09. The van der Waals surface area contributed by atoms with E-state index < -0.39 is 5.60 Å². The molecule has 4 nitrogen and oxygen atoms in total. The van der Waals surface area contributed by atoms with Crippen LogP contribution in [0.2, 0.25) is 0 Å². The van der Waals surface area contributed by atoms with Gasteiger partial charge in [0.1, 0.15) is 11.4 Å². The summed E-state index contributed by atoms with van der Waals surface area (Å²) in [6.45, 7) is 5.87. The van der Waals surface area contributed by atoms with E-state index in [-0.39, 0.29) is 29.7 Å². The molecule has 0 N–H and O–H groups in total. The van der Waals surface area contributed by atoms with Crippen molar-refractivity contribution >= 4 is 11.7 Å². The Morgan fingerprint density at radius 1 is 1.35 bits per heavy atom. The number of hydrogen-bond donors (Lipinski definition) is 0. The number of benzene rings is 1. The second kappa shape index (κ2) is 4.83. The quantitative estimate of drug-likeness (QED) is 0.800. The van der Waals surface area contributed by atoms with Crippen molar-refractivity contribution in [1.29, 1.82) is 0 Å². The van der Waals surface area contributed by atoms with Gasteiger partial charge in [-0.2, -0.15) is 0 Å². The van der Waals surface area contributed by atoms with Crippen molar-refractivity contribution < 1.29 is 14.3 Å². The monoisotopic (exact) mass is 313 g/mol. The molecule has 1 aromatic carbocycles. The Hall–Kier alpha value is -1.84. The van der Waals surface area contributed by atoms with E-state index in [1.54, 1.807) is 0 Å². The third-order valence-electron chi connectivity index (χ3n) is 5.65. The molecule has 1 aromatic rings. The summed E-state index contributed by atoms with van der Waals surface area (Å²) >= 11 is 0. The minimum absolute atomic E-state index is 0.0116. The first kappa shape index (κ1) is 14.7. The zero-order valence-electron chi connectivity index (χ0n) is 14.0. The van der Waals surface area contributed by atoms with Crippen molar-refractivity contribution in [3.63, 3.8) is 0 Å². The average Bonchev–Trinajstić information content (AvgIpc) is 3.02. The lowest BCUT2D eigenvalue weighted by Gasteiger charge is -2.40. The Bertz CT molecular complexity index is 696. The minimum atomic E-state index is -0.507. The molecule has 3 aliphatic rings. The number of Topliss-reactive ketones (excluding diaryl/α,β-unsaturated/α-hetero) is 1. The van der Waals surface area contributed by atoms with Gasteiger partial charge in [-0.25, -0.2) is 0 Å². The van der Waals surface area contributed by atoms with Crippen LogP contribution in [0.25, 0.3) is 0 Å². The highest BCUT2D eigenvalue weighted by Crippen LogP contribution is 2.51. The molecule has 2 bridgehead atoms. The molecule has 122 valence electrons. The lowest BCUT2D eigenvalue weighted by atomic mass is 9.78. The summed E-state index contributed by atoms with van der Waals surface area (Å²) < 4.78 is 6.39. The van der Waals surface area contributed by atoms with Crippen LogP contribution in [0.3, 0.4) is 0 Å². The fourth-order valence-corrected chi connectivity index (χ4v) is 4.64. The summed E-state index contributed by atoms with van der Waals surface area (Å²) in [5.41, 5.74) is 1.26. The van der Waals surface area contributed by atoms with Gasteiger partial charge in [0.25, 0.3) is 0 Å². The van der Waals surface area contributed by atoms with E-state index in [1.165, 1.54) is 0 Å². The molecule has 1 spiro atoms. The number of ether oxygens (including phenoxy) is 1. The topological polar surface area (TPSA) is 46.6 Å². The van der Waals surface area contributed by atoms with Crippen LogP contribution in [0.5, 0.6) is 5.75 Å². The number of carbonyl (C=O) groups excluding carboxylic acids is 2. The van der Waals surface area contributed by atoms with Gasteiger partial charge in [0, 0.05) is 18.4 Å². The molecule has 0 radical (unpaired) electrons. The van der Waals surface area contributed by atoms with Gasteiger partial charge in [-0.15, -0.1) is 0 Å². The fraction of sp³-hybridized carbons (Fsp3) is 0.579. The molecule has 0 saturated carbocycles. The molecule has 4 rings (SSSR count). The number of hydrogen-bond acceptors (Lipinski definition) is 3. The second-order valence-corrected chi connectivity index (χ2v) is 7.62. The summed E-state index contributed by atoms with van der Waals surface area (Å²) in [6, 6.07) is 6.07. The van der Waals surface area contributed by atoms with Crippen molar-refractivity contribution in [3.8, 4) is 5.75 Å². The molecule has 0 aliphatic carbocycles. The molecule has 3 heterocycles. The van der Waals surface area contributed by atoms with Gasteiger partial charge in [0.05, 0.1) is 18.0 Å². The summed E-state index contributed by atoms with van der Waals surface area (Å²) in [5.74, 6) is 1.03. The van der Waals surface area contributed by atoms with Crippen LogP contribution in [0.1, 0.15) is 55.5 Å². The van der Waals surface area contributed by atoms with Gasteiger partial charge >= 0.3 is 0 Å². The SMILES string of the molecule is Cc1ccc2c(c1)C(=O)C[C@]1(C[C@H]3CC[C@H]1N3C(=O)C(C)C)O2. The minimum Gasteiger partial charge on any atom is -0.484 e. The molecule has 3 aliphatic heterocycles. The molecular weight excluding hydrogens is 290 g/mol. The number of rotatable bonds is 1. The van der Waals surface area contributed by atoms with Crippen molar-refractivity contribution in [3.05, 3.63) is 29.3 Å². The molecule has 0 unspecified atom stereocenters. The van der Waals surface area contributed by atoms with E-state index in [0.29, 0.717) is 17.7 Å². The van der Waals surface area contributed by atoms with Crippen LogP contribution in [0.4, 0.5) is 0 Å². The molecular formula is C19H23NO3. The number of fused-ring (bicyclic) bond motifs is 4. The lowest BCUT2D eigenvalue weighted by Crippen LogP contribution is -2.52. The largest absolute Gasteiger partial charge is 0.484 e. The smallest absolute Gasteiger partial charge is 0.225 e. The highest BCUT2D eigenvalue weighted by atomic mass is 16.5. The number of amides is 1. The van der Waals surface area contributed by atoms with Crippen LogP contribution in [0.15, 0.2) is 18.2 Å². The maximum Gasteiger partial charge on any atom is 0.225 e. The van der Waals surface area contributed by atoms with E-state index in [2.05, 4.69) is 0 Å². The van der Waals surface area contributed by atoms with Crippen LogP contribution >= 0.6 is 0 Å². The summed E-state index contributed by atoms with van der Waals surface area (Å²) in [4.78, 5) is 27.3. The van der Waals surface area contributed by atoms with Crippen LogP contribution in [0, 0.1) is 12.8 Å². The molecule has 2 saturated heterocycles. The molecule has 23 heavy (non-hydrogen) atoms. The second-order valence-electron chi connectivity index (χ2n) is 7.62. The highest BCUT2D eigenvalue weighted by Gasteiger charge is 2.61. The summed E-state index contributed by atoms with van der Waals surface area (Å²) in [6.07, 6.45) is 3.16. The van der Waals surface area contributed by atoms with Gasteiger partial charge in [0.2, 0.25) is 5.91 Å². The van der Waals surface area contributed by atoms with Crippen molar-refractivity contribution in [2.24, 2.45) is 5.92 Å². The maximum absolute atomic E-state index is 12.7. The zero-order valence-corrected chi connectivity index (χ0v) is 14.0. The van der Waals surface area contributed by atoms with Gasteiger partial charge in [-0.3, -0.25) is 9.59 Å². The Balaban J connectivity index is 1.70. The summed E-state index contributed by atoms with van der Waals surface area (Å²) in [5, 5.41) is 0. The zero-order chi connectivity index (χ0) is 16.4. The Morgan fingerprint density at radius 3 is 2.87 bits per heavy atom. The first-order valence-corrected chi connectivity index (χ1v) is 8.56. The molecule has 2 fully saturated rings. The maximum atomic E-state index is 12.7. The van der Waals surface area contributed by atoms with E-state index in [0.717, 1.165) is 24.8 Å². The Labute approximate surface area is 136 Å². The van der Waals surface area contributed by atoms with Gasteiger partial charge in [-0.05, 0) is 31.9 Å². The first-order chi connectivity index (χ1) is 10.9. The van der Waals surface area contributed by atoms with E-state index in [1.807, 2.05) is 43.9 Å². The van der Waals surface area contributed by atoms with Crippen LogP contribution in [-0.4, -0.2) is 34.3 Å². The van der Waals surface area contributed by atoms with Crippen LogP contribution in [-0.2, 0) is 4.79 Å². The number of carbonyl (C=O) groups is 2. The molecule has 3 atom stereocenters. The average molecular weight is 313 g/mol. The van der Waals surface area contributed by atoms with E-state index >= 15 is 0 Å². The third kappa shape index (κ3) is 2.03. The molecule has 4 heteroatoms. The third-order valence-corrected chi connectivity index (χ3v) is 5.65. The van der Waals surface area contributed by atoms with Crippen molar-refractivity contribution in [1.82, 2.24) is 4.90 Å². The normalized spacial score (nSPS) is 31.7. The van der Waals surface area contributed by atoms with Gasteiger partial charge < -0.3 is 9.64 Å². The summed E-state index contributed by atoms with van der Waals surface area (Å²) in [7, 11) is 0. The number of nitrogens with zero attached hydrogens (tertiary/aromatic N) is 1. The first-order valence-electron chi connectivity index (χ1n) is 8.56. The molecule has 1 amide bonds.